The van der Waals surface area contributed by atoms with Gasteiger partial charge in [0.2, 0.25) is 5.91 Å². The van der Waals surface area contributed by atoms with Crippen molar-refractivity contribution in [3.8, 4) is 0 Å². The molecule has 1 amide bonds. The number of amides is 1. The Hall–Kier alpha value is -1.28. The van der Waals surface area contributed by atoms with Gasteiger partial charge in [-0.25, -0.2) is 4.57 Å². The van der Waals surface area contributed by atoms with Crippen molar-refractivity contribution < 1.29 is 32.9 Å². The largest absolute Gasteiger partial charge is 0.472 e. The first kappa shape index (κ1) is 77.7. The van der Waals surface area contributed by atoms with Crippen LogP contribution in [0.5, 0.6) is 0 Å². The summed E-state index contributed by atoms with van der Waals surface area (Å²) in [7, 11) is 1.56. The molecule has 9 heteroatoms. The third-order valence-electron chi connectivity index (χ3n) is 16.1. The lowest BCUT2D eigenvalue weighted by Gasteiger charge is -2.25. The number of hydrogen-bond acceptors (Lipinski definition) is 5. The molecule has 3 atom stereocenters. The molecule has 0 saturated carbocycles. The standard InChI is InChI=1S/C70H137N2O6P/c1-6-8-10-12-14-16-18-20-22-24-26-28-30-32-34-35-36-38-39-41-43-45-47-49-51-53-55-57-59-61-63-69(73)68(67-78-79(75,76)77-66-65-72(3,4)5)71-70(74)64-62-60-58-56-54-52-50-48-46-44-42-40-37-33-31-29-27-25-23-21-19-17-15-13-11-9-7-2/h45,47,53,55,61,63,68-69,73H,6-44,46,48-52,54,56-60,62,64-67H2,1-5H3,(H-,71,74,75,76)/p+1/b47-45+,55-53+,63-61+. The average Bonchev–Trinajstić information content (AvgIpc) is 3.42. The summed E-state index contributed by atoms with van der Waals surface area (Å²) in [5, 5.41) is 14.0. The predicted molar refractivity (Wildman–Crippen MR) is 346 cm³/mol. The summed E-state index contributed by atoms with van der Waals surface area (Å²) in [6.45, 7) is 4.85. The molecule has 468 valence electrons. The Kier molecular flexibility index (Phi) is 60.3. The second-order valence-electron chi connectivity index (χ2n) is 25.3. The fourth-order valence-electron chi connectivity index (χ4n) is 10.7. The third kappa shape index (κ3) is 64.1. The highest BCUT2D eigenvalue weighted by molar-refractivity contribution is 7.47. The SMILES string of the molecule is CCCCCCCCCCCCCCCCCCCCCC/C=C/CC/C=C/CC/C=C/C(O)C(COP(=O)(O)OCC[N+](C)(C)C)NC(=O)CCCCCCCCCCCCCCCCCCCCCCCCCCCCC. The maximum absolute atomic E-state index is 13.0. The van der Waals surface area contributed by atoms with Crippen LogP contribution in [0.1, 0.15) is 354 Å². The molecule has 79 heavy (non-hydrogen) atoms. The zero-order valence-electron chi connectivity index (χ0n) is 53.6. The van der Waals surface area contributed by atoms with E-state index in [1.54, 1.807) is 6.08 Å². The number of aliphatic hydroxyl groups excluding tert-OH is 1. The molecule has 8 nitrogen and oxygen atoms in total. The number of aliphatic hydroxyl groups is 1. The lowest BCUT2D eigenvalue weighted by Crippen LogP contribution is -2.45. The monoisotopic (exact) mass is 1130 g/mol. The van der Waals surface area contributed by atoms with Gasteiger partial charge in [-0.3, -0.25) is 13.8 Å². The first-order chi connectivity index (χ1) is 38.5. The number of phosphoric ester groups is 1. The van der Waals surface area contributed by atoms with Gasteiger partial charge in [0.15, 0.2) is 0 Å². The number of phosphoric acid groups is 1. The molecule has 0 aliphatic rings. The van der Waals surface area contributed by atoms with Gasteiger partial charge < -0.3 is 19.8 Å². The summed E-state index contributed by atoms with van der Waals surface area (Å²) in [6, 6.07) is -0.869. The van der Waals surface area contributed by atoms with Crippen molar-refractivity contribution >= 4 is 13.7 Å². The van der Waals surface area contributed by atoms with Crippen LogP contribution in [0.25, 0.3) is 0 Å². The van der Waals surface area contributed by atoms with Crippen molar-refractivity contribution in [3.63, 3.8) is 0 Å². The molecular formula is C70H138N2O6P+. The van der Waals surface area contributed by atoms with Gasteiger partial charge in [-0.05, 0) is 44.9 Å². The highest BCUT2D eigenvalue weighted by Gasteiger charge is 2.28. The Bertz CT molecular complexity index is 1380. The summed E-state index contributed by atoms with van der Waals surface area (Å²) < 4.78 is 23.8. The normalized spacial score (nSPS) is 13.9. The van der Waals surface area contributed by atoms with E-state index in [4.69, 9.17) is 9.05 Å². The molecule has 0 fully saturated rings. The second kappa shape index (κ2) is 61.3. The van der Waals surface area contributed by atoms with E-state index in [0.29, 0.717) is 17.4 Å². The number of quaternary nitrogens is 1. The van der Waals surface area contributed by atoms with E-state index in [1.807, 2.05) is 27.2 Å². The lowest BCUT2D eigenvalue weighted by atomic mass is 10.0. The van der Waals surface area contributed by atoms with Crippen LogP contribution in [0, 0.1) is 0 Å². The Morgan fingerprint density at radius 2 is 0.696 bits per heavy atom. The van der Waals surface area contributed by atoms with Crippen molar-refractivity contribution in [2.75, 3.05) is 40.9 Å². The molecule has 0 aromatic carbocycles. The van der Waals surface area contributed by atoms with E-state index in [0.717, 1.165) is 44.9 Å². The number of nitrogens with one attached hydrogen (secondary N) is 1. The molecule has 0 rings (SSSR count). The summed E-state index contributed by atoms with van der Waals surface area (Å²) in [6.07, 6.45) is 81.6. The lowest BCUT2D eigenvalue weighted by molar-refractivity contribution is -0.870. The van der Waals surface area contributed by atoms with Crippen LogP contribution >= 0.6 is 7.82 Å². The maximum atomic E-state index is 13.0. The van der Waals surface area contributed by atoms with Gasteiger partial charge in [0.25, 0.3) is 0 Å². The summed E-state index contributed by atoms with van der Waals surface area (Å²) in [5.41, 5.74) is 0. The van der Waals surface area contributed by atoms with E-state index in [1.165, 1.54) is 289 Å². The highest BCUT2D eigenvalue weighted by Crippen LogP contribution is 2.43. The minimum Gasteiger partial charge on any atom is -0.387 e. The number of carbonyl (C=O) groups excluding carboxylic acids is 1. The highest BCUT2D eigenvalue weighted by atomic mass is 31.2. The fourth-order valence-corrected chi connectivity index (χ4v) is 11.4. The topological polar surface area (TPSA) is 105 Å². The predicted octanol–water partition coefficient (Wildman–Crippen LogP) is 22.1. The van der Waals surface area contributed by atoms with Gasteiger partial charge in [-0.2, -0.15) is 0 Å². The van der Waals surface area contributed by atoms with E-state index >= 15 is 0 Å². The van der Waals surface area contributed by atoms with Crippen LogP contribution in [0.15, 0.2) is 36.5 Å². The molecule has 0 aromatic heterocycles. The van der Waals surface area contributed by atoms with E-state index in [9.17, 15) is 19.4 Å². The maximum Gasteiger partial charge on any atom is 0.472 e. The number of allylic oxidation sites excluding steroid dienone is 5. The van der Waals surface area contributed by atoms with Crippen LogP contribution < -0.4 is 5.32 Å². The van der Waals surface area contributed by atoms with E-state index < -0.39 is 20.0 Å². The minimum absolute atomic E-state index is 0.0554. The molecule has 0 aliphatic carbocycles. The molecular weight excluding hydrogens is 996 g/mol. The number of hydrogen-bond donors (Lipinski definition) is 3. The van der Waals surface area contributed by atoms with Gasteiger partial charge in [-0.1, -0.05) is 339 Å². The molecule has 0 aromatic rings. The number of nitrogens with zero attached hydrogens (tertiary/aromatic N) is 1. The number of likely N-dealkylation sites (N-methyl/N-ethyl adjacent to an activating group) is 1. The van der Waals surface area contributed by atoms with E-state index in [2.05, 4.69) is 43.5 Å². The van der Waals surface area contributed by atoms with Crippen molar-refractivity contribution in [2.24, 2.45) is 0 Å². The number of rotatable bonds is 65. The quantitative estimate of drug-likeness (QED) is 0.0243. The Labute approximate surface area is 493 Å². The second-order valence-corrected chi connectivity index (χ2v) is 26.7. The molecule has 0 aliphatic heterocycles. The van der Waals surface area contributed by atoms with Gasteiger partial charge in [0.1, 0.15) is 13.2 Å². The molecule has 0 spiro atoms. The van der Waals surface area contributed by atoms with Crippen LogP contribution in [-0.2, 0) is 18.4 Å². The number of carbonyl (C=O) groups is 1. The minimum atomic E-state index is -4.36. The van der Waals surface area contributed by atoms with Crippen LogP contribution in [-0.4, -0.2) is 73.4 Å². The zero-order chi connectivity index (χ0) is 57.7. The Morgan fingerprint density at radius 3 is 1.01 bits per heavy atom. The Balaban J connectivity index is 4.11. The third-order valence-corrected chi connectivity index (χ3v) is 17.1. The fraction of sp³-hybridized carbons (Fsp3) is 0.900. The first-order valence-electron chi connectivity index (χ1n) is 34.9. The van der Waals surface area contributed by atoms with Crippen LogP contribution in [0.2, 0.25) is 0 Å². The molecule has 0 bridgehead atoms. The van der Waals surface area contributed by atoms with Crippen molar-refractivity contribution in [2.45, 2.75) is 366 Å². The van der Waals surface area contributed by atoms with Crippen molar-refractivity contribution in [1.82, 2.24) is 5.32 Å². The van der Waals surface area contributed by atoms with Crippen LogP contribution in [0.3, 0.4) is 0 Å². The molecule has 0 heterocycles. The molecule has 3 unspecified atom stereocenters. The van der Waals surface area contributed by atoms with Gasteiger partial charge in [0, 0.05) is 6.42 Å². The molecule has 0 radical (unpaired) electrons. The molecule has 0 saturated heterocycles. The van der Waals surface area contributed by atoms with Gasteiger partial charge in [0.05, 0.1) is 39.9 Å². The molecule has 3 N–H and O–H groups in total. The average molecular weight is 1130 g/mol. The van der Waals surface area contributed by atoms with Crippen LogP contribution in [0.4, 0.5) is 0 Å². The van der Waals surface area contributed by atoms with Gasteiger partial charge in [-0.15, -0.1) is 0 Å². The zero-order valence-corrected chi connectivity index (χ0v) is 54.5. The van der Waals surface area contributed by atoms with E-state index in [-0.39, 0.29) is 19.1 Å². The summed E-state index contributed by atoms with van der Waals surface area (Å²) in [5.74, 6) is -0.183. The van der Waals surface area contributed by atoms with Crippen molar-refractivity contribution in [3.05, 3.63) is 36.5 Å². The number of unbranched alkanes of at least 4 members (excludes halogenated alkanes) is 48. The Morgan fingerprint density at radius 1 is 0.418 bits per heavy atom. The smallest absolute Gasteiger partial charge is 0.387 e. The summed E-state index contributed by atoms with van der Waals surface area (Å²) >= 11 is 0. The summed E-state index contributed by atoms with van der Waals surface area (Å²) in [4.78, 5) is 23.4. The van der Waals surface area contributed by atoms with Gasteiger partial charge >= 0.3 is 7.82 Å². The first-order valence-corrected chi connectivity index (χ1v) is 36.4. The van der Waals surface area contributed by atoms with Crippen molar-refractivity contribution in [1.29, 1.82) is 0 Å².